The largest absolute Gasteiger partial charge is 0.449 e. The van der Waals surface area contributed by atoms with Crippen molar-refractivity contribution >= 4 is 10.8 Å². The molecule has 1 aromatic heterocycles. The predicted octanol–water partition coefficient (Wildman–Crippen LogP) is 5.49. The first-order valence-corrected chi connectivity index (χ1v) is 8.63. The summed E-state index contributed by atoms with van der Waals surface area (Å²) in [7, 11) is 2.11. The van der Waals surface area contributed by atoms with Gasteiger partial charge in [-0.05, 0) is 54.8 Å². The molecule has 0 fully saturated rings. The summed E-state index contributed by atoms with van der Waals surface area (Å²) in [5.74, 6) is 2.43. The van der Waals surface area contributed by atoms with Crippen LogP contribution in [0.5, 0.6) is 11.5 Å². The van der Waals surface area contributed by atoms with Crippen LogP contribution < -0.4 is 9.30 Å². The molecule has 0 saturated carbocycles. The van der Waals surface area contributed by atoms with E-state index >= 15 is 0 Å². The molecule has 0 saturated heterocycles. The van der Waals surface area contributed by atoms with Gasteiger partial charge < -0.3 is 4.74 Å². The van der Waals surface area contributed by atoms with E-state index in [1.54, 1.807) is 0 Å². The minimum Gasteiger partial charge on any atom is -0.449 e. The van der Waals surface area contributed by atoms with Crippen LogP contribution >= 0.6 is 0 Å². The summed E-state index contributed by atoms with van der Waals surface area (Å²) in [6, 6.07) is 8.90. The van der Waals surface area contributed by atoms with Gasteiger partial charge in [0.25, 0.3) is 5.69 Å². The van der Waals surface area contributed by atoms with E-state index in [0.29, 0.717) is 5.92 Å². The van der Waals surface area contributed by atoms with Crippen LogP contribution in [-0.2, 0) is 7.05 Å². The van der Waals surface area contributed by atoms with Crippen LogP contribution in [0.1, 0.15) is 42.0 Å². The number of hydrogen-bond donors (Lipinski definition) is 0. The molecule has 0 amide bonds. The van der Waals surface area contributed by atoms with Gasteiger partial charge in [0, 0.05) is 17.0 Å². The van der Waals surface area contributed by atoms with Crippen molar-refractivity contribution in [3.8, 4) is 22.8 Å². The summed E-state index contributed by atoms with van der Waals surface area (Å²) in [6.07, 6.45) is 2.16. The number of hydrogen-bond acceptors (Lipinski definition) is 1. The molecule has 0 aliphatic carbocycles. The zero-order valence-corrected chi connectivity index (χ0v) is 15.3. The molecule has 2 heteroatoms. The molecule has 0 radical (unpaired) electrons. The lowest BCUT2D eigenvalue weighted by Gasteiger charge is -2.24. The van der Waals surface area contributed by atoms with Crippen molar-refractivity contribution in [1.82, 2.24) is 0 Å². The molecule has 0 atom stereocenters. The number of aryl methyl sites for hydroxylation is 3. The Morgan fingerprint density at radius 2 is 1.79 bits per heavy atom. The molecule has 2 heterocycles. The number of rotatable bonds is 1. The van der Waals surface area contributed by atoms with Crippen LogP contribution in [0.2, 0.25) is 0 Å². The highest BCUT2D eigenvalue weighted by Crippen LogP contribution is 2.49. The van der Waals surface area contributed by atoms with E-state index in [1.165, 1.54) is 44.3 Å². The molecule has 4 rings (SSSR count). The SMILES string of the molecule is Cc1cc2c3c(c(C)c(C)cc3c1)-c1c(c(C(C)C)cc[n+]1C)O2. The second-order valence-corrected chi connectivity index (χ2v) is 7.37. The number of benzene rings is 2. The maximum atomic E-state index is 6.48. The van der Waals surface area contributed by atoms with Gasteiger partial charge in [-0.25, -0.2) is 0 Å². The van der Waals surface area contributed by atoms with Crippen LogP contribution in [-0.4, -0.2) is 0 Å². The summed E-state index contributed by atoms with van der Waals surface area (Å²) in [5, 5.41) is 2.51. The number of pyridine rings is 1. The molecule has 0 unspecified atom stereocenters. The Labute approximate surface area is 143 Å². The van der Waals surface area contributed by atoms with Crippen molar-refractivity contribution in [1.29, 1.82) is 0 Å². The third kappa shape index (κ3) is 1.99. The van der Waals surface area contributed by atoms with Gasteiger partial charge in [0.05, 0.1) is 5.56 Å². The van der Waals surface area contributed by atoms with Crippen molar-refractivity contribution in [3.05, 3.63) is 52.7 Å². The third-order valence-electron chi connectivity index (χ3n) is 5.24. The lowest BCUT2D eigenvalue weighted by Crippen LogP contribution is -2.32. The van der Waals surface area contributed by atoms with Crippen LogP contribution in [0.25, 0.3) is 22.0 Å². The maximum Gasteiger partial charge on any atom is 0.256 e. The molecule has 24 heavy (non-hydrogen) atoms. The molecule has 0 N–H and O–H groups in total. The van der Waals surface area contributed by atoms with E-state index in [-0.39, 0.29) is 0 Å². The summed E-state index contributed by atoms with van der Waals surface area (Å²) in [6.45, 7) is 11.0. The smallest absolute Gasteiger partial charge is 0.256 e. The van der Waals surface area contributed by atoms with Crippen molar-refractivity contribution < 1.29 is 9.30 Å². The lowest BCUT2D eigenvalue weighted by atomic mass is 9.88. The highest BCUT2D eigenvalue weighted by atomic mass is 16.5. The van der Waals surface area contributed by atoms with Gasteiger partial charge in [-0.3, -0.25) is 0 Å². The van der Waals surface area contributed by atoms with Crippen molar-refractivity contribution in [2.24, 2.45) is 7.05 Å². The normalized spacial score (nSPS) is 12.5. The number of aromatic nitrogens is 1. The molecule has 0 spiro atoms. The quantitative estimate of drug-likeness (QED) is 0.423. The van der Waals surface area contributed by atoms with Crippen LogP contribution in [0.3, 0.4) is 0 Å². The summed E-state index contributed by atoms with van der Waals surface area (Å²) in [5.41, 5.74) is 7.70. The standard InChI is InChI=1S/C22H24NO/c1-12(2)17-7-8-23(6)21-19-15(5)14(4)11-16-9-13(3)10-18(20(16)19)24-22(17)21/h7-12H,1-6H3/q+1. The molecule has 122 valence electrons. The summed E-state index contributed by atoms with van der Waals surface area (Å²) in [4.78, 5) is 0. The van der Waals surface area contributed by atoms with E-state index in [2.05, 4.69) is 76.7 Å². The fourth-order valence-electron chi connectivity index (χ4n) is 3.87. The minimum atomic E-state index is 0.423. The Bertz CT molecular complexity index is 999. The summed E-state index contributed by atoms with van der Waals surface area (Å²) >= 11 is 0. The molecule has 1 aliphatic heterocycles. The Morgan fingerprint density at radius 1 is 1.04 bits per heavy atom. The minimum absolute atomic E-state index is 0.423. The molecule has 2 aromatic carbocycles. The average molecular weight is 318 g/mol. The van der Waals surface area contributed by atoms with Crippen molar-refractivity contribution in [2.45, 2.75) is 40.5 Å². The Balaban J connectivity index is 2.23. The van der Waals surface area contributed by atoms with E-state index in [1.807, 2.05) is 0 Å². The first-order valence-electron chi connectivity index (χ1n) is 8.63. The molecule has 2 nitrogen and oxygen atoms in total. The molecular formula is C22H24NO+. The van der Waals surface area contributed by atoms with Gasteiger partial charge in [0.2, 0.25) is 5.75 Å². The van der Waals surface area contributed by atoms with E-state index in [9.17, 15) is 0 Å². The third-order valence-corrected chi connectivity index (χ3v) is 5.24. The van der Waals surface area contributed by atoms with Gasteiger partial charge in [0.1, 0.15) is 12.8 Å². The van der Waals surface area contributed by atoms with Crippen LogP contribution in [0.4, 0.5) is 0 Å². The fraction of sp³-hybridized carbons (Fsp3) is 0.318. The second kappa shape index (κ2) is 5.07. The number of nitrogens with zero attached hydrogens (tertiary/aromatic N) is 1. The lowest BCUT2D eigenvalue weighted by molar-refractivity contribution is -0.660. The zero-order chi connectivity index (χ0) is 17.2. The second-order valence-electron chi connectivity index (χ2n) is 7.37. The Hall–Kier alpha value is -2.35. The topological polar surface area (TPSA) is 13.1 Å². The number of fused-ring (bicyclic) bond motifs is 2. The predicted molar refractivity (Wildman–Crippen MR) is 98.9 cm³/mol. The Morgan fingerprint density at radius 3 is 2.50 bits per heavy atom. The first kappa shape index (κ1) is 15.2. The summed E-state index contributed by atoms with van der Waals surface area (Å²) < 4.78 is 8.68. The number of ether oxygens (including phenoxy) is 1. The van der Waals surface area contributed by atoms with Crippen LogP contribution in [0, 0.1) is 20.8 Å². The van der Waals surface area contributed by atoms with Gasteiger partial charge in [-0.1, -0.05) is 26.0 Å². The highest BCUT2D eigenvalue weighted by Gasteiger charge is 2.32. The highest BCUT2D eigenvalue weighted by molar-refractivity contribution is 6.05. The van der Waals surface area contributed by atoms with Gasteiger partial charge >= 0.3 is 0 Å². The van der Waals surface area contributed by atoms with Crippen molar-refractivity contribution in [3.63, 3.8) is 0 Å². The average Bonchev–Trinajstić information content (AvgIpc) is 2.50. The molecular weight excluding hydrogens is 294 g/mol. The molecule has 0 bridgehead atoms. The molecule has 3 aromatic rings. The zero-order valence-electron chi connectivity index (χ0n) is 15.3. The maximum absolute atomic E-state index is 6.48. The van der Waals surface area contributed by atoms with E-state index in [4.69, 9.17) is 4.74 Å². The van der Waals surface area contributed by atoms with E-state index in [0.717, 1.165) is 11.5 Å². The van der Waals surface area contributed by atoms with Crippen LogP contribution in [0.15, 0.2) is 30.5 Å². The van der Waals surface area contributed by atoms with Gasteiger partial charge in [-0.2, -0.15) is 4.57 Å². The monoisotopic (exact) mass is 318 g/mol. The Kier molecular flexibility index (Phi) is 3.21. The fourth-order valence-corrected chi connectivity index (χ4v) is 3.87. The van der Waals surface area contributed by atoms with Crippen molar-refractivity contribution in [2.75, 3.05) is 0 Å². The van der Waals surface area contributed by atoms with Gasteiger partial charge in [-0.15, -0.1) is 0 Å². The van der Waals surface area contributed by atoms with E-state index < -0.39 is 0 Å². The first-order chi connectivity index (χ1) is 11.4. The molecule has 1 aliphatic rings. The van der Waals surface area contributed by atoms with Gasteiger partial charge in [0.15, 0.2) is 6.20 Å².